The highest BCUT2D eigenvalue weighted by Crippen LogP contribution is 2.45. The van der Waals surface area contributed by atoms with Gasteiger partial charge in [-0.15, -0.1) is 35.1 Å². The van der Waals surface area contributed by atoms with Crippen LogP contribution in [0.15, 0.2) is 48.5 Å². The van der Waals surface area contributed by atoms with E-state index >= 15 is 0 Å². The van der Waals surface area contributed by atoms with E-state index in [9.17, 15) is 18.0 Å². The number of thiophene rings is 1. The van der Waals surface area contributed by atoms with E-state index in [2.05, 4.69) is 17.1 Å². The largest absolute Gasteiger partial charge is 0.416 e. The van der Waals surface area contributed by atoms with Gasteiger partial charge in [-0.3, -0.25) is 9.69 Å². The summed E-state index contributed by atoms with van der Waals surface area (Å²) in [6.07, 6.45) is -3.58. The number of carbonyl (C=O) groups is 1. The number of thiazole rings is 1. The number of amides is 1. The van der Waals surface area contributed by atoms with E-state index in [4.69, 9.17) is 4.98 Å². The Hall–Kier alpha value is -2.46. The number of nitrogens with zero attached hydrogens (tertiary/aromatic N) is 2. The van der Waals surface area contributed by atoms with Gasteiger partial charge in [-0.05, 0) is 54.9 Å². The number of benzene rings is 2. The SMILES string of the molecule is CCN1CCc2c(sc(NC(=O)c3ccc(C(F)(F)F)cc3)c2-c2nc3ccccc3s2)C1.Cl. The number of aromatic nitrogens is 1. The van der Waals surface area contributed by atoms with Gasteiger partial charge < -0.3 is 5.32 Å². The summed E-state index contributed by atoms with van der Waals surface area (Å²) in [4.78, 5) is 21.3. The summed E-state index contributed by atoms with van der Waals surface area (Å²) in [6.45, 7) is 4.82. The van der Waals surface area contributed by atoms with Gasteiger partial charge in [0.25, 0.3) is 5.91 Å². The second-order valence-corrected chi connectivity index (χ2v) is 9.98. The molecule has 0 unspecified atom stereocenters. The van der Waals surface area contributed by atoms with Crippen LogP contribution in [0.4, 0.5) is 18.2 Å². The number of halogens is 4. The molecule has 0 atom stereocenters. The minimum absolute atomic E-state index is 0. The maximum Gasteiger partial charge on any atom is 0.416 e. The van der Waals surface area contributed by atoms with Crippen LogP contribution in [-0.4, -0.2) is 28.9 Å². The fraction of sp³-hybridized carbons (Fsp3) is 0.250. The van der Waals surface area contributed by atoms with Crippen molar-refractivity contribution in [2.75, 3.05) is 18.4 Å². The summed E-state index contributed by atoms with van der Waals surface area (Å²) < 4.78 is 39.7. The van der Waals surface area contributed by atoms with Crippen molar-refractivity contribution in [1.82, 2.24) is 9.88 Å². The number of fused-ring (bicyclic) bond motifs is 2. The summed E-state index contributed by atoms with van der Waals surface area (Å²) >= 11 is 3.11. The van der Waals surface area contributed by atoms with Gasteiger partial charge in [-0.25, -0.2) is 4.98 Å². The van der Waals surface area contributed by atoms with E-state index in [-0.39, 0.29) is 18.0 Å². The lowest BCUT2D eigenvalue weighted by atomic mass is 10.0. The van der Waals surface area contributed by atoms with Crippen LogP contribution >= 0.6 is 35.1 Å². The number of hydrogen-bond acceptors (Lipinski definition) is 5. The molecule has 0 bridgehead atoms. The molecule has 34 heavy (non-hydrogen) atoms. The van der Waals surface area contributed by atoms with Gasteiger partial charge in [0, 0.05) is 29.1 Å². The van der Waals surface area contributed by atoms with Crippen molar-refractivity contribution in [3.63, 3.8) is 0 Å². The van der Waals surface area contributed by atoms with Crippen molar-refractivity contribution in [3.8, 4) is 10.6 Å². The fourth-order valence-electron chi connectivity index (χ4n) is 4.01. The van der Waals surface area contributed by atoms with Gasteiger partial charge in [0.1, 0.15) is 10.0 Å². The van der Waals surface area contributed by atoms with Gasteiger partial charge in [0.2, 0.25) is 0 Å². The molecular formula is C24H21ClF3N3OS2. The fourth-order valence-corrected chi connectivity index (χ4v) is 6.40. The average molecular weight is 524 g/mol. The molecule has 2 aromatic heterocycles. The van der Waals surface area contributed by atoms with Gasteiger partial charge in [-0.1, -0.05) is 19.1 Å². The molecule has 1 amide bonds. The Labute approximate surface area is 208 Å². The van der Waals surface area contributed by atoms with Crippen LogP contribution in [0.5, 0.6) is 0 Å². The molecule has 4 nitrogen and oxygen atoms in total. The van der Waals surface area contributed by atoms with Crippen LogP contribution in [0.25, 0.3) is 20.8 Å². The molecule has 0 saturated carbocycles. The molecule has 1 aliphatic heterocycles. The Kier molecular flexibility index (Phi) is 7.00. The number of hydrogen-bond donors (Lipinski definition) is 1. The van der Waals surface area contributed by atoms with E-state index < -0.39 is 17.6 Å². The minimum Gasteiger partial charge on any atom is -0.313 e. The van der Waals surface area contributed by atoms with E-state index in [1.54, 1.807) is 11.3 Å². The van der Waals surface area contributed by atoms with Crippen LogP contribution in [-0.2, 0) is 19.1 Å². The molecule has 0 fully saturated rings. The summed E-state index contributed by atoms with van der Waals surface area (Å²) in [5.41, 5.74) is 2.45. The first kappa shape index (κ1) is 24.7. The zero-order valence-electron chi connectivity index (χ0n) is 18.1. The third-order valence-corrected chi connectivity index (χ3v) is 7.98. The molecule has 4 aromatic rings. The van der Waals surface area contributed by atoms with Crippen molar-refractivity contribution in [1.29, 1.82) is 0 Å². The summed E-state index contributed by atoms with van der Waals surface area (Å²) in [5, 5.41) is 4.51. The van der Waals surface area contributed by atoms with Crippen LogP contribution in [0, 0.1) is 0 Å². The van der Waals surface area contributed by atoms with Crippen molar-refractivity contribution in [2.45, 2.75) is 26.1 Å². The first-order chi connectivity index (χ1) is 15.8. The summed E-state index contributed by atoms with van der Waals surface area (Å²) in [5.74, 6) is -0.433. The summed E-state index contributed by atoms with van der Waals surface area (Å²) in [7, 11) is 0. The first-order valence-electron chi connectivity index (χ1n) is 10.5. The first-order valence-corrected chi connectivity index (χ1v) is 12.2. The molecule has 2 aromatic carbocycles. The highest BCUT2D eigenvalue weighted by Gasteiger charge is 2.31. The highest BCUT2D eigenvalue weighted by atomic mass is 35.5. The van der Waals surface area contributed by atoms with E-state index in [0.717, 1.165) is 59.0 Å². The Bertz CT molecular complexity index is 1300. The van der Waals surface area contributed by atoms with Gasteiger partial charge >= 0.3 is 6.18 Å². The summed E-state index contributed by atoms with van der Waals surface area (Å²) in [6, 6.07) is 12.2. The van der Waals surface area contributed by atoms with Crippen LogP contribution in [0.1, 0.15) is 33.3 Å². The molecule has 0 aliphatic carbocycles. The van der Waals surface area contributed by atoms with E-state index in [1.165, 1.54) is 33.9 Å². The topological polar surface area (TPSA) is 45.2 Å². The number of alkyl halides is 3. The van der Waals surface area contributed by atoms with Gasteiger partial charge in [0.05, 0.1) is 15.8 Å². The monoisotopic (exact) mass is 523 g/mol. The predicted molar refractivity (Wildman–Crippen MR) is 134 cm³/mol. The molecule has 0 radical (unpaired) electrons. The Balaban J connectivity index is 0.00000274. The molecule has 178 valence electrons. The number of rotatable bonds is 4. The number of carbonyl (C=O) groups excluding carboxylic acids is 1. The van der Waals surface area contributed by atoms with Crippen LogP contribution in [0.3, 0.4) is 0 Å². The standard InChI is InChI=1S/C24H20F3N3OS2.ClH/c1-2-30-12-11-16-19(13-30)33-23(20(16)22-28-17-5-3-4-6-18(17)32-22)29-21(31)14-7-9-15(10-8-14)24(25,26)27;/h3-10H,2,11-13H2,1H3,(H,29,31);1H. The lowest BCUT2D eigenvalue weighted by molar-refractivity contribution is -0.137. The van der Waals surface area contributed by atoms with Crippen molar-refractivity contribution in [3.05, 3.63) is 70.1 Å². The minimum atomic E-state index is -4.44. The normalized spacial score (nSPS) is 14.0. The molecule has 1 N–H and O–H groups in total. The van der Waals surface area contributed by atoms with Crippen molar-refractivity contribution in [2.24, 2.45) is 0 Å². The number of nitrogens with one attached hydrogen (secondary N) is 1. The molecule has 10 heteroatoms. The van der Waals surface area contributed by atoms with Gasteiger partial charge in [-0.2, -0.15) is 13.2 Å². The van der Waals surface area contributed by atoms with E-state index in [1.807, 2.05) is 24.3 Å². The molecule has 0 saturated heterocycles. The van der Waals surface area contributed by atoms with Gasteiger partial charge in [0.15, 0.2) is 0 Å². The smallest absolute Gasteiger partial charge is 0.313 e. The second-order valence-electron chi connectivity index (χ2n) is 7.84. The number of anilines is 1. The predicted octanol–water partition coefficient (Wildman–Crippen LogP) is 7.10. The molecule has 3 heterocycles. The quantitative estimate of drug-likeness (QED) is 0.310. The average Bonchev–Trinajstić information content (AvgIpc) is 3.38. The molecular weight excluding hydrogens is 503 g/mol. The third kappa shape index (κ3) is 4.70. The lowest BCUT2D eigenvalue weighted by Crippen LogP contribution is -2.29. The van der Waals surface area contributed by atoms with Crippen LogP contribution < -0.4 is 5.32 Å². The van der Waals surface area contributed by atoms with Crippen molar-refractivity contribution >= 4 is 56.2 Å². The molecule has 5 rings (SSSR count). The molecule has 0 spiro atoms. The maximum absolute atomic E-state index is 13.0. The molecule has 1 aliphatic rings. The number of likely N-dealkylation sites (N-methyl/N-ethyl adjacent to an activating group) is 1. The van der Waals surface area contributed by atoms with E-state index in [0.29, 0.717) is 5.00 Å². The number of para-hydroxylation sites is 1. The zero-order valence-corrected chi connectivity index (χ0v) is 20.6. The lowest BCUT2D eigenvalue weighted by Gasteiger charge is -2.25. The third-order valence-electron chi connectivity index (χ3n) is 5.79. The maximum atomic E-state index is 13.0. The zero-order chi connectivity index (χ0) is 23.2. The Morgan fingerprint density at radius 1 is 1.12 bits per heavy atom. The van der Waals surface area contributed by atoms with Crippen LogP contribution in [0.2, 0.25) is 0 Å². The second kappa shape index (κ2) is 9.65. The van der Waals surface area contributed by atoms with Crippen molar-refractivity contribution < 1.29 is 18.0 Å². The Morgan fingerprint density at radius 2 is 1.85 bits per heavy atom. The highest BCUT2D eigenvalue weighted by molar-refractivity contribution is 7.23. The Morgan fingerprint density at radius 3 is 2.53 bits per heavy atom.